The van der Waals surface area contributed by atoms with E-state index in [9.17, 15) is 0 Å². The van der Waals surface area contributed by atoms with E-state index in [1.54, 1.807) is 0 Å². The van der Waals surface area contributed by atoms with Gasteiger partial charge < -0.3 is 0 Å². The molecule has 0 aromatic heterocycles. The van der Waals surface area contributed by atoms with Crippen LogP contribution in [0.25, 0.3) is 10.8 Å². The van der Waals surface area contributed by atoms with Crippen molar-refractivity contribution in [2.45, 2.75) is 19.8 Å². The van der Waals surface area contributed by atoms with Gasteiger partial charge in [-0.1, -0.05) is 49.7 Å². The average Bonchev–Trinajstić information content (AvgIpc) is 2.16. The zero-order valence-electron chi connectivity index (χ0n) is 8.34. The van der Waals surface area contributed by atoms with Gasteiger partial charge in [0.1, 0.15) is 0 Å². The van der Waals surface area contributed by atoms with Gasteiger partial charge in [-0.25, -0.2) is 0 Å². The van der Waals surface area contributed by atoms with Crippen LogP contribution in [0.3, 0.4) is 0 Å². The Morgan fingerprint density at radius 3 is 2.64 bits per heavy atom. The lowest BCUT2D eigenvalue weighted by atomic mass is 9.96. The first kappa shape index (κ1) is 9.54. The quantitative estimate of drug-likeness (QED) is 0.644. The summed E-state index contributed by atoms with van der Waals surface area (Å²) in [5, 5.41) is 3.06. The molecular weight excluding hydrogens is 192 g/mol. The van der Waals surface area contributed by atoms with Crippen molar-refractivity contribution >= 4 is 22.4 Å². The monoisotopic (exact) mass is 203 g/mol. The van der Waals surface area contributed by atoms with Crippen LogP contribution in [0.1, 0.15) is 25.3 Å². The fourth-order valence-electron chi connectivity index (χ4n) is 1.70. The minimum absolute atomic E-state index is 0.493. The molecule has 0 unspecified atom stereocenters. The summed E-state index contributed by atoms with van der Waals surface area (Å²) < 4.78 is 0. The first-order valence-corrected chi connectivity index (χ1v) is 5.17. The van der Waals surface area contributed by atoms with Crippen molar-refractivity contribution in [3.8, 4) is 0 Å². The highest BCUT2D eigenvalue weighted by Crippen LogP contribution is 2.28. The topological polar surface area (TPSA) is 0 Å². The van der Waals surface area contributed by atoms with Crippen LogP contribution in [-0.4, -0.2) is 0 Å². The summed E-state index contributed by atoms with van der Waals surface area (Å²) >= 11 is 6.01. The standard InChI is InChI=1S/C13H12Cl/c1-9(2)13-8-11(14)7-10-5-3-4-6-12(10)13/h3-6,8-9H,1-2H3. The number of hydrogen-bond donors (Lipinski definition) is 0. The van der Waals surface area contributed by atoms with Crippen LogP contribution >= 0.6 is 11.6 Å². The Bertz CT molecular complexity index is 458. The molecule has 0 nitrogen and oxygen atoms in total. The van der Waals surface area contributed by atoms with Gasteiger partial charge in [0.05, 0.1) is 0 Å². The molecule has 0 atom stereocenters. The SMILES string of the molecule is CC(C)c1cc(Cl)[c]c2ccccc12. The van der Waals surface area contributed by atoms with Crippen LogP contribution in [0.4, 0.5) is 0 Å². The van der Waals surface area contributed by atoms with E-state index in [1.807, 2.05) is 18.2 Å². The van der Waals surface area contributed by atoms with Crippen molar-refractivity contribution in [1.82, 2.24) is 0 Å². The molecule has 0 amide bonds. The van der Waals surface area contributed by atoms with Crippen LogP contribution < -0.4 is 0 Å². The molecule has 0 bridgehead atoms. The second-order valence-corrected chi connectivity index (χ2v) is 4.18. The van der Waals surface area contributed by atoms with Gasteiger partial charge in [-0.05, 0) is 28.3 Å². The highest BCUT2D eigenvalue weighted by Gasteiger charge is 2.06. The van der Waals surface area contributed by atoms with Gasteiger partial charge >= 0.3 is 0 Å². The summed E-state index contributed by atoms with van der Waals surface area (Å²) in [5.41, 5.74) is 1.30. The van der Waals surface area contributed by atoms with Crippen molar-refractivity contribution in [2.24, 2.45) is 0 Å². The molecule has 0 saturated heterocycles. The minimum atomic E-state index is 0.493. The zero-order valence-corrected chi connectivity index (χ0v) is 9.10. The van der Waals surface area contributed by atoms with Crippen LogP contribution in [0.2, 0.25) is 5.02 Å². The van der Waals surface area contributed by atoms with E-state index in [-0.39, 0.29) is 0 Å². The third-order valence-corrected chi connectivity index (χ3v) is 2.60. The summed E-state index contributed by atoms with van der Waals surface area (Å²) in [6, 6.07) is 13.4. The molecule has 0 fully saturated rings. The molecule has 0 heterocycles. The highest BCUT2D eigenvalue weighted by atomic mass is 35.5. The molecule has 0 aliphatic heterocycles. The van der Waals surface area contributed by atoms with E-state index in [0.29, 0.717) is 10.9 Å². The first-order chi connectivity index (χ1) is 6.68. The normalized spacial score (nSPS) is 11.1. The maximum Gasteiger partial charge on any atom is 0.0494 e. The molecule has 2 rings (SSSR count). The van der Waals surface area contributed by atoms with Gasteiger partial charge in [0.15, 0.2) is 0 Å². The lowest BCUT2D eigenvalue weighted by Gasteiger charge is -2.10. The zero-order chi connectivity index (χ0) is 10.1. The molecule has 0 aliphatic carbocycles. The van der Waals surface area contributed by atoms with Gasteiger partial charge in [-0.2, -0.15) is 0 Å². The molecule has 71 valence electrons. The molecule has 0 N–H and O–H groups in total. The summed E-state index contributed by atoms with van der Waals surface area (Å²) in [6.45, 7) is 4.36. The van der Waals surface area contributed by atoms with Crippen LogP contribution in [-0.2, 0) is 0 Å². The molecule has 2 aromatic carbocycles. The van der Waals surface area contributed by atoms with Crippen molar-refractivity contribution < 1.29 is 0 Å². The van der Waals surface area contributed by atoms with Gasteiger partial charge in [0.2, 0.25) is 0 Å². The van der Waals surface area contributed by atoms with Crippen molar-refractivity contribution in [1.29, 1.82) is 0 Å². The Morgan fingerprint density at radius 1 is 1.21 bits per heavy atom. The molecule has 0 spiro atoms. The number of halogens is 1. The molecule has 14 heavy (non-hydrogen) atoms. The van der Waals surface area contributed by atoms with Crippen molar-refractivity contribution in [3.05, 3.63) is 47.0 Å². The number of rotatable bonds is 1. The van der Waals surface area contributed by atoms with Gasteiger partial charge in [-0.3, -0.25) is 0 Å². The second-order valence-electron chi connectivity index (χ2n) is 3.77. The molecule has 1 heteroatoms. The number of benzene rings is 2. The third-order valence-electron chi connectivity index (χ3n) is 2.40. The maximum atomic E-state index is 6.01. The third kappa shape index (κ3) is 1.62. The van der Waals surface area contributed by atoms with Gasteiger partial charge in [-0.15, -0.1) is 0 Å². The van der Waals surface area contributed by atoms with Gasteiger partial charge in [0.25, 0.3) is 0 Å². The Balaban J connectivity index is 2.80. The van der Waals surface area contributed by atoms with E-state index in [0.717, 1.165) is 5.39 Å². The summed E-state index contributed by atoms with van der Waals surface area (Å²) in [6.07, 6.45) is 0. The Kier molecular flexibility index (Phi) is 2.47. The Morgan fingerprint density at radius 2 is 1.93 bits per heavy atom. The van der Waals surface area contributed by atoms with Crippen molar-refractivity contribution in [3.63, 3.8) is 0 Å². The lowest BCUT2D eigenvalue weighted by Crippen LogP contribution is -1.89. The second kappa shape index (κ2) is 3.62. The van der Waals surface area contributed by atoms with E-state index in [2.05, 4.69) is 32.0 Å². The number of fused-ring (bicyclic) bond motifs is 1. The van der Waals surface area contributed by atoms with Gasteiger partial charge in [0, 0.05) is 11.1 Å². The smallest absolute Gasteiger partial charge is 0.0494 e. The van der Waals surface area contributed by atoms with Crippen molar-refractivity contribution in [2.75, 3.05) is 0 Å². The Labute approximate surface area is 89.5 Å². The molecular formula is C13H12Cl. The maximum absolute atomic E-state index is 6.01. The average molecular weight is 204 g/mol. The summed E-state index contributed by atoms with van der Waals surface area (Å²) in [4.78, 5) is 0. The summed E-state index contributed by atoms with van der Waals surface area (Å²) in [5.74, 6) is 0.493. The lowest BCUT2D eigenvalue weighted by molar-refractivity contribution is 0.876. The molecule has 1 radical (unpaired) electrons. The van der Waals surface area contributed by atoms with Crippen LogP contribution in [0, 0.1) is 6.07 Å². The predicted octanol–water partition coefficient (Wildman–Crippen LogP) is 4.42. The Hall–Kier alpha value is -1.01. The fourth-order valence-corrected chi connectivity index (χ4v) is 1.92. The van der Waals surface area contributed by atoms with E-state index in [4.69, 9.17) is 11.6 Å². The highest BCUT2D eigenvalue weighted by molar-refractivity contribution is 6.31. The minimum Gasteiger partial charge on any atom is -0.0836 e. The molecule has 0 aliphatic rings. The summed E-state index contributed by atoms with van der Waals surface area (Å²) in [7, 11) is 0. The largest absolute Gasteiger partial charge is 0.0836 e. The van der Waals surface area contributed by atoms with E-state index < -0.39 is 0 Å². The molecule has 0 saturated carbocycles. The van der Waals surface area contributed by atoms with E-state index >= 15 is 0 Å². The van der Waals surface area contributed by atoms with Crippen LogP contribution in [0.15, 0.2) is 30.3 Å². The fraction of sp³-hybridized carbons (Fsp3) is 0.231. The first-order valence-electron chi connectivity index (χ1n) is 4.79. The molecule has 2 aromatic rings. The van der Waals surface area contributed by atoms with Crippen LogP contribution in [0.5, 0.6) is 0 Å². The number of hydrogen-bond acceptors (Lipinski definition) is 0. The van der Waals surface area contributed by atoms with E-state index in [1.165, 1.54) is 10.9 Å². The predicted molar refractivity (Wildman–Crippen MR) is 61.9 cm³/mol.